The summed E-state index contributed by atoms with van der Waals surface area (Å²) >= 11 is 0. The number of ether oxygens (including phenoxy) is 1. The van der Waals surface area contributed by atoms with Gasteiger partial charge in [-0.15, -0.1) is 6.58 Å². The third kappa shape index (κ3) is 1.72. The Bertz CT molecular complexity index is 247. The van der Waals surface area contributed by atoms with E-state index in [2.05, 4.69) is 6.58 Å². The van der Waals surface area contributed by atoms with Crippen LogP contribution in [0.1, 0.15) is 32.1 Å². The second-order valence-electron chi connectivity index (χ2n) is 3.70. The molecule has 0 unspecified atom stereocenters. The molecule has 0 heterocycles. The van der Waals surface area contributed by atoms with Gasteiger partial charge in [0.1, 0.15) is 11.2 Å². The zero-order valence-corrected chi connectivity index (χ0v) is 8.54. The maximum Gasteiger partial charge on any atom is 0.319 e. The van der Waals surface area contributed by atoms with Gasteiger partial charge in [-0.3, -0.25) is 9.59 Å². The normalized spacial score (nSPS) is 27.1. The number of methoxy groups -OCH3 is 1. The highest BCUT2D eigenvalue weighted by atomic mass is 16.5. The number of Topliss-reactive ketones (excluding diaryl/α,β-unsaturated/α-hetero) is 1. The highest BCUT2D eigenvalue weighted by Gasteiger charge is 2.46. The fourth-order valence-electron chi connectivity index (χ4n) is 2.05. The van der Waals surface area contributed by atoms with Crippen LogP contribution in [0.5, 0.6) is 0 Å². The molecule has 1 atom stereocenters. The van der Waals surface area contributed by atoms with Crippen molar-refractivity contribution in [3.63, 3.8) is 0 Å². The molecule has 1 rings (SSSR count). The van der Waals surface area contributed by atoms with E-state index in [-0.39, 0.29) is 5.78 Å². The van der Waals surface area contributed by atoms with Crippen molar-refractivity contribution in [1.82, 2.24) is 0 Å². The van der Waals surface area contributed by atoms with Crippen LogP contribution in [-0.4, -0.2) is 18.9 Å². The Hall–Kier alpha value is -1.12. The fourth-order valence-corrected chi connectivity index (χ4v) is 2.05. The number of esters is 1. The quantitative estimate of drug-likeness (QED) is 0.393. The van der Waals surface area contributed by atoms with Crippen molar-refractivity contribution in [3.8, 4) is 0 Å². The molecule has 1 fully saturated rings. The average molecular weight is 196 g/mol. The van der Waals surface area contributed by atoms with E-state index in [1.54, 1.807) is 6.08 Å². The van der Waals surface area contributed by atoms with Crippen LogP contribution in [0.3, 0.4) is 0 Å². The topological polar surface area (TPSA) is 43.4 Å². The van der Waals surface area contributed by atoms with E-state index in [1.807, 2.05) is 0 Å². The van der Waals surface area contributed by atoms with Gasteiger partial charge in [-0.05, 0) is 19.3 Å². The van der Waals surface area contributed by atoms with E-state index in [9.17, 15) is 9.59 Å². The van der Waals surface area contributed by atoms with Crippen LogP contribution < -0.4 is 0 Å². The Kier molecular flexibility index (Phi) is 3.44. The van der Waals surface area contributed by atoms with Gasteiger partial charge in [0.15, 0.2) is 0 Å². The molecule has 0 amide bonds. The third-order valence-electron chi connectivity index (χ3n) is 2.86. The van der Waals surface area contributed by atoms with Gasteiger partial charge >= 0.3 is 5.97 Å². The molecule has 14 heavy (non-hydrogen) atoms. The van der Waals surface area contributed by atoms with Gasteiger partial charge in [-0.2, -0.15) is 0 Å². The van der Waals surface area contributed by atoms with Crippen LogP contribution in [0, 0.1) is 5.41 Å². The molecular formula is C11H16O3. The molecule has 0 spiro atoms. The first-order valence-electron chi connectivity index (χ1n) is 4.90. The fraction of sp³-hybridized carbons (Fsp3) is 0.636. The predicted molar refractivity (Wildman–Crippen MR) is 52.7 cm³/mol. The van der Waals surface area contributed by atoms with Crippen molar-refractivity contribution in [2.75, 3.05) is 7.11 Å². The van der Waals surface area contributed by atoms with E-state index in [1.165, 1.54) is 7.11 Å². The van der Waals surface area contributed by atoms with Crippen molar-refractivity contribution in [2.24, 2.45) is 5.41 Å². The smallest absolute Gasteiger partial charge is 0.319 e. The summed E-state index contributed by atoms with van der Waals surface area (Å²) in [6.07, 6.45) is 4.91. The highest BCUT2D eigenvalue weighted by Crippen LogP contribution is 2.37. The Morgan fingerprint density at radius 2 is 2.36 bits per heavy atom. The lowest BCUT2D eigenvalue weighted by atomic mass is 9.71. The Morgan fingerprint density at radius 3 is 2.86 bits per heavy atom. The summed E-state index contributed by atoms with van der Waals surface area (Å²) in [4.78, 5) is 23.4. The predicted octanol–water partition coefficient (Wildman–Crippen LogP) is 1.86. The van der Waals surface area contributed by atoms with E-state index >= 15 is 0 Å². The minimum Gasteiger partial charge on any atom is -0.468 e. The summed E-state index contributed by atoms with van der Waals surface area (Å²) in [6.45, 7) is 3.59. The van der Waals surface area contributed by atoms with Crippen LogP contribution >= 0.6 is 0 Å². The standard InChI is InChI=1S/C11H16O3/c1-3-7-11(10(13)14-2)8-5-4-6-9(11)12/h3H,1,4-8H2,2H3/t11-/m0/s1. The summed E-state index contributed by atoms with van der Waals surface area (Å²) in [5.74, 6) is -0.391. The van der Waals surface area contributed by atoms with E-state index in [0.29, 0.717) is 19.3 Å². The molecule has 0 aromatic heterocycles. The number of rotatable bonds is 3. The molecular weight excluding hydrogens is 180 g/mol. The largest absolute Gasteiger partial charge is 0.468 e. The molecule has 0 saturated heterocycles. The van der Waals surface area contributed by atoms with Crippen LogP contribution in [-0.2, 0) is 14.3 Å². The summed E-state index contributed by atoms with van der Waals surface area (Å²) in [7, 11) is 1.33. The second-order valence-corrected chi connectivity index (χ2v) is 3.70. The lowest BCUT2D eigenvalue weighted by Crippen LogP contribution is -2.42. The van der Waals surface area contributed by atoms with Crippen LogP contribution in [0.2, 0.25) is 0 Å². The number of hydrogen-bond acceptors (Lipinski definition) is 3. The molecule has 3 nitrogen and oxygen atoms in total. The average Bonchev–Trinajstić information content (AvgIpc) is 2.20. The Morgan fingerprint density at radius 1 is 1.64 bits per heavy atom. The van der Waals surface area contributed by atoms with E-state index < -0.39 is 11.4 Å². The molecule has 0 N–H and O–H groups in total. The molecule has 0 bridgehead atoms. The monoisotopic (exact) mass is 196 g/mol. The van der Waals surface area contributed by atoms with Crippen molar-refractivity contribution in [3.05, 3.63) is 12.7 Å². The molecule has 0 aromatic carbocycles. The Balaban J connectivity index is 2.93. The first kappa shape index (κ1) is 11.0. The molecule has 1 aliphatic rings. The van der Waals surface area contributed by atoms with Gasteiger partial charge in [-0.25, -0.2) is 0 Å². The van der Waals surface area contributed by atoms with Gasteiger partial charge in [0, 0.05) is 6.42 Å². The van der Waals surface area contributed by atoms with E-state index in [4.69, 9.17) is 4.74 Å². The van der Waals surface area contributed by atoms with Crippen molar-refractivity contribution >= 4 is 11.8 Å². The van der Waals surface area contributed by atoms with Gasteiger partial charge in [0.05, 0.1) is 7.11 Å². The summed E-state index contributed by atoms with van der Waals surface area (Å²) in [5, 5.41) is 0. The molecule has 1 saturated carbocycles. The van der Waals surface area contributed by atoms with E-state index in [0.717, 1.165) is 12.8 Å². The third-order valence-corrected chi connectivity index (χ3v) is 2.86. The Labute approximate surface area is 84.1 Å². The molecule has 0 aromatic rings. The van der Waals surface area contributed by atoms with Gasteiger partial charge < -0.3 is 4.74 Å². The number of allylic oxidation sites excluding steroid dienone is 1. The maximum atomic E-state index is 11.8. The first-order valence-corrected chi connectivity index (χ1v) is 4.90. The van der Waals surface area contributed by atoms with Crippen molar-refractivity contribution in [2.45, 2.75) is 32.1 Å². The molecule has 0 radical (unpaired) electrons. The zero-order chi connectivity index (χ0) is 10.6. The summed E-state index contributed by atoms with van der Waals surface area (Å²) in [5.41, 5.74) is -0.922. The summed E-state index contributed by atoms with van der Waals surface area (Å²) in [6, 6.07) is 0. The maximum absolute atomic E-state index is 11.8. The number of hydrogen-bond donors (Lipinski definition) is 0. The van der Waals surface area contributed by atoms with Gasteiger partial charge in [0.25, 0.3) is 0 Å². The molecule has 1 aliphatic carbocycles. The first-order chi connectivity index (χ1) is 6.67. The highest BCUT2D eigenvalue weighted by molar-refractivity contribution is 6.04. The van der Waals surface area contributed by atoms with Crippen LogP contribution in [0.15, 0.2) is 12.7 Å². The molecule has 0 aliphatic heterocycles. The van der Waals surface area contributed by atoms with Crippen LogP contribution in [0.25, 0.3) is 0 Å². The van der Waals surface area contributed by atoms with Gasteiger partial charge in [-0.1, -0.05) is 12.5 Å². The number of ketones is 1. The lowest BCUT2D eigenvalue weighted by molar-refractivity contribution is -0.159. The number of carbonyl (C=O) groups excluding carboxylic acids is 2. The van der Waals surface area contributed by atoms with Crippen LogP contribution in [0.4, 0.5) is 0 Å². The zero-order valence-electron chi connectivity index (χ0n) is 8.54. The molecule has 3 heteroatoms. The molecule has 78 valence electrons. The minimum atomic E-state index is -0.922. The van der Waals surface area contributed by atoms with Crippen molar-refractivity contribution in [1.29, 1.82) is 0 Å². The second kappa shape index (κ2) is 4.40. The SMILES string of the molecule is C=CC[C@]1(C(=O)OC)CCCCC1=O. The van der Waals surface area contributed by atoms with Crippen molar-refractivity contribution < 1.29 is 14.3 Å². The van der Waals surface area contributed by atoms with Gasteiger partial charge in [0.2, 0.25) is 0 Å². The number of carbonyl (C=O) groups is 2. The minimum absolute atomic E-state index is 0.00972. The lowest BCUT2D eigenvalue weighted by Gasteiger charge is -2.31. The summed E-state index contributed by atoms with van der Waals surface area (Å²) < 4.78 is 4.71.